The van der Waals surface area contributed by atoms with Gasteiger partial charge in [0, 0.05) is 30.9 Å². The molecule has 174 valence electrons. The van der Waals surface area contributed by atoms with Crippen LogP contribution >= 0.6 is 0 Å². The van der Waals surface area contributed by atoms with Gasteiger partial charge in [0.2, 0.25) is 11.8 Å². The molecule has 1 aliphatic heterocycles. The predicted octanol–water partition coefficient (Wildman–Crippen LogP) is 3.68. The lowest BCUT2D eigenvalue weighted by atomic mass is 10.1. The molecular formula is C27H27N3O4. The zero-order valence-corrected chi connectivity index (χ0v) is 19.0. The quantitative estimate of drug-likeness (QED) is 0.540. The Morgan fingerprint density at radius 2 is 1.68 bits per heavy atom. The molecule has 0 bridgehead atoms. The summed E-state index contributed by atoms with van der Waals surface area (Å²) in [4.78, 5) is 38.9. The fourth-order valence-electron chi connectivity index (χ4n) is 3.83. The van der Waals surface area contributed by atoms with E-state index >= 15 is 0 Å². The summed E-state index contributed by atoms with van der Waals surface area (Å²) in [6.45, 7) is 2.57. The van der Waals surface area contributed by atoms with Gasteiger partial charge in [-0.25, -0.2) is 0 Å². The number of anilines is 2. The second-order valence-corrected chi connectivity index (χ2v) is 8.25. The van der Waals surface area contributed by atoms with Crippen molar-refractivity contribution in [2.45, 2.75) is 19.9 Å². The molecule has 3 amide bonds. The van der Waals surface area contributed by atoms with E-state index in [9.17, 15) is 14.4 Å². The number of carbonyl (C=O) groups excluding carboxylic acids is 3. The van der Waals surface area contributed by atoms with Gasteiger partial charge in [0.05, 0.1) is 5.92 Å². The van der Waals surface area contributed by atoms with E-state index in [4.69, 9.17) is 4.74 Å². The van der Waals surface area contributed by atoms with Crippen molar-refractivity contribution in [2.75, 3.05) is 23.4 Å². The molecule has 1 fully saturated rings. The maximum atomic E-state index is 12.5. The van der Waals surface area contributed by atoms with Crippen LogP contribution in [-0.2, 0) is 20.9 Å². The van der Waals surface area contributed by atoms with Crippen molar-refractivity contribution in [3.8, 4) is 5.75 Å². The van der Waals surface area contributed by atoms with Gasteiger partial charge in [0.25, 0.3) is 5.91 Å². The number of nitrogens with one attached hydrogen (secondary N) is 2. The number of ether oxygens (including phenoxy) is 1. The van der Waals surface area contributed by atoms with Crippen LogP contribution in [0, 0.1) is 12.8 Å². The molecule has 7 heteroatoms. The summed E-state index contributed by atoms with van der Waals surface area (Å²) >= 11 is 0. The third-order valence-electron chi connectivity index (χ3n) is 5.74. The molecule has 0 radical (unpaired) electrons. The molecule has 2 N–H and O–H groups in total. The van der Waals surface area contributed by atoms with Crippen LogP contribution in [0.15, 0.2) is 78.9 Å². The second-order valence-electron chi connectivity index (χ2n) is 8.25. The van der Waals surface area contributed by atoms with E-state index in [1.54, 1.807) is 29.2 Å². The van der Waals surface area contributed by atoms with Gasteiger partial charge >= 0.3 is 0 Å². The summed E-state index contributed by atoms with van der Waals surface area (Å²) in [6, 6.07) is 24.1. The van der Waals surface area contributed by atoms with E-state index in [-0.39, 0.29) is 30.7 Å². The first-order valence-electron chi connectivity index (χ1n) is 11.2. The average Bonchev–Trinajstić information content (AvgIpc) is 3.25. The van der Waals surface area contributed by atoms with Gasteiger partial charge in [0.1, 0.15) is 5.75 Å². The number of hydrogen-bond acceptors (Lipinski definition) is 4. The van der Waals surface area contributed by atoms with Gasteiger partial charge in [-0.15, -0.1) is 0 Å². The van der Waals surface area contributed by atoms with Crippen molar-refractivity contribution in [1.82, 2.24) is 5.32 Å². The first kappa shape index (κ1) is 23.0. The molecule has 1 heterocycles. The lowest BCUT2D eigenvalue weighted by Crippen LogP contribution is -2.32. The zero-order valence-electron chi connectivity index (χ0n) is 19.0. The molecule has 0 unspecified atom stereocenters. The highest BCUT2D eigenvalue weighted by molar-refractivity contribution is 6.00. The Bertz CT molecular complexity index is 1160. The fraction of sp³-hybridized carbons (Fsp3) is 0.222. The molecule has 1 atom stereocenters. The van der Waals surface area contributed by atoms with Crippen molar-refractivity contribution in [3.63, 3.8) is 0 Å². The van der Waals surface area contributed by atoms with Gasteiger partial charge in [-0.2, -0.15) is 0 Å². The molecular weight excluding hydrogens is 430 g/mol. The number of amides is 3. The summed E-state index contributed by atoms with van der Waals surface area (Å²) in [5, 5.41) is 5.74. The van der Waals surface area contributed by atoms with Crippen LogP contribution < -0.4 is 20.3 Å². The van der Waals surface area contributed by atoms with Gasteiger partial charge in [0.15, 0.2) is 6.61 Å². The summed E-state index contributed by atoms with van der Waals surface area (Å²) < 4.78 is 5.58. The van der Waals surface area contributed by atoms with Crippen LogP contribution in [0.25, 0.3) is 0 Å². The topological polar surface area (TPSA) is 87.7 Å². The zero-order chi connectivity index (χ0) is 23.9. The van der Waals surface area contributed by atoms with Crippen molar-refractivity contribution in [1.29, 1.82) is 0 Å². The molecule has 0 spiro atoms. The molecule has 4 rings (SSSR count). The Kier molecular flexibility index (Phi) is 7.22. The number of para-hydroxylation sites is 1. The fourth-order valence-corrected chi connectivity index (χ4v) is 3.83. The van der Waals surface area contributed by atoms with E-state index in [1.807, 2.05) is 61.5 Å². The highest BCUT2D eigenvalue weighted by Gasteiger charge is 2.35. The number of benzene rings is 3. The number of nitrogens with zero attached hydrogens (tertiary/aromatic N) is 1. The summed E-state index contributed by atoms with van der Waals surface area (Å²) in [5.41, 5.74) is 3.43. The summed E-state index contributed by atoms with van der Waals surface area (Å²) in [7, 11) is 0. The molecule has 7 nitrogen and oxygen atoms in total. The second kappa shape index (κ2) is 10.7. The first-order valence-corrected chi connectivity index (χ1v) is 11.2. The summed E-state index contributed by atoms with van der Waals surface area (Å²) in [5.74, 6) is -0.340. The molecule has 1 aliphatic rings. The number of rotatable bonds is 8. The Hall–Kier alpha value is -4.13. The maximum Gasteiger partial charge on any atom is 0.262 e. The van der Waals surface area contributed by atoms with Crippen LogP contribution in [-0.4, -0.2) is 30.9 Å². The number of carbonyl (C=O) groups is 3. The minimum absolute atomic E-state index is 0.0915. The molecule has 0 aliphatic carbocycles. The predicted molar refractivity (Wildman–Crippen MR) is 130 cm³/mol. The maximum absolute atomic E-state index is 12.5. The molecule has 0 aromatic heterocycles. The lowest BCUT2D eigenvalue weighted by molar-refractivity contribution is -0.126. The Balaban J connectivity index is 1.27. The minimum Gasteiger partial charge on any atom is -0.484 e. The van der Waals surface area contributed by atoms with Crippen molar-refractivity contribution in [3.05, 3.63) is 90.0 Å². The van der Waals surface area contributed by atoms with Gasteiger partial charge in [-0.05, 0) is 48.4 Å². The Labute approximate surface area is 198 Å². The van der Waals surface area contributed by atoms with Crippen LogP contribution in [0.3, 0.4) is 0 Å². The monoisotopic (exact) mass is 457 g/mol. The SMILES string of the molecule is Cc1ccccc1NC(=O)COc1ccc(N2C[C@H](C(=O)NCc3ccccc3)CC2=O)cc1. The Morgan fingerprint density at radius 1 is 0.971 bits per heavy atom. The normalized spacial score (nSPS) is 15.1. The van der Waals surface area contributed by atoms with E-state index in [0.29, 0.717) is 24.5 Å². The standard InChI is InChI=1S/C27H27N3O4/c1-19-7-5-6-10-24(19)29-25(31)18-34-23-13-11-22(12-14-23)30-17-21(15-26(30)32)27(33)28-16-20-8-3-2-4-9-20/h2-14,21H,15-18H2,1H3,(H,28,33)(H,29,31)/t21-/m1/s1. The summed E-state index contributed by atoms with van der Waals surface area (Å²) in [6.07, 6.45) is 0.179. The molecule has 0 saturated carbocycles. The van der Waals surface area contributed by atoms with Gasteiger partial charge in [-0.3, -0.25) is 14.4 Å². The van der Waals surface area contributed by atoms with Crippen molar-refractivity contribution in [2.24, 2.45) is 5.92 Å². The molecule has 34 heavy (non-hydrogen) atoms. The number of hydrogen-bond donors (Lipinski definition) is 2. The van der Waals surface area contributed by atoms with Crippen LogP contribution in [0.2, 0.25) is 0 Å². The lowest BCUT2D eigenvalue weighted by Gasteiger charge is -2.17. The van der Waals surface area contributed by atoms with E-state index < -0.39 is 5.92 Å². The van der Waals surface area contributed by atoms with Gasteiger partial charge in [-0.1, -0.05) is 48.5 Å². The Morgan fingerprint density at radius 3 is 2.41 bits per heavy atom. The van der Waals surface area contributed by atoms with Crippen LogP contribution in [0.1, 0.15) is 17.5 Å². The minimum atomic E-state index is -0.391. The smallest absolute Gasteiger partial charge is 0.262 e. The van der Waals surface area contributed by atoms with Crippen molar-refractivity contribution < 1.29 is 19.1 Å². The largest absolute Gasteiger partial charge is 0.484 e. The van der Waals surface area contributed by atoms with Crippen LogP contribution in [0.5, 0.6) is 5.75 Å². The molecule has 1 saturated heterocycles. The third kappa shape index (κ3) is 5.81. The van der Waals surface area contributed by atoms with E-state index in [1.165, 1.54) is 0 Å². The highest BCUT2D eigenvalue weighted by atomic mass is 16.5. The molecule has 3 aromatic carbocycles. The molecule has 3 aromatic rings. The van der Waals surface area contributed by atoms with E-state index in [2.05, 4.69) is 10.6 Å². The van der Waals surface area contributed by atoms with Gasteiger partial charge < -0.3 is 20.3 Å². The number of aryl methyl sites for hydroxylation is 1. The highest BCUT2D eigenvalue weighted by Crippen LogP contribution is 2.27. The third-order valence-corrected chi connectivity index (χ3v) is 5.74. The van der Waals surface area contributed by atoms with Crippen molar-refractivity contribution >= 4 is 29.1 Å². The van der Waals surface area contributed by atoms with Crippen LogP contribution in [0.4, 0.5) is 11.4 Å². The average molecular weight is 458 g/mol. The first-order chi connectivity index (χ1) is 16.5. The van der Waals surface area contributed by atoms with E-state index in [0.717, 1.165) is 16.8 Å².